The molecule has 0 aliphatic heterocycles. The number of hydrogen-bond acceptors (Lipinski definition) is 6. The van der Waals surface area contributed by atoms with Gasteiger partial charge in [0.2, 0.25) is 0 Å². The summed E-state index contributed by atoms with van der Waals surface area (Å²) in [6.07, 6.45) is 6.38. The molecule has 8 nitrogen and oxygen atoms in total. The summed E-state index contributed by atoms with van der Waals surface area (Å²) in [6, 6.07) is 0. The van der Waals surface area contributed by atoms with Crippen molar-refractivity contribution in [2.24, 2.45) is 23.7 Å². The second kappa shape index (κ2) is 11.0. The molecule has 4 atom stereocenters. The average molecular weight is 398 g/mol. The van der Waals surface area contributed by atoms with Crippen molar-refractivity contribution in [1.29, 1.82) is 0 Å². The van der Waals surface area contributed by atoms with Crippen molar-refractivity contribution in [1.82, 2.24) is 0 Å². The Hall–Kier alpha value is -2.12. The zero-order valence-corrected chi connectivity index (χ0v) is 16.1. The molecular formula is C20H30O8. The standard InChI is InChI=1S/C20H30O8/c21-17(22)13-7-1-3-9-15(13)19(25)27-11-5-6-12-28-20(26)16-10-4-2-8-14(16)18(23)24/h13-16H,1-12H2,(H,21,22)(H,23,24)/t13-,14-,15-,16+/m1/s1. The molecule has 0 amide bonds. The third-order valence-corrected chi connectivity index (χ3v) is 5.80. The summed E-state index contributed by atoms with van der Waals surface area (Å²) in [7, 11) is 0. The van der Waals surface area contributed by atoms with Crippen molar-refractivity contribution < 1.29 is 38.9 Å². The van der Waals surface area contributed by atoms with Crippen molar-refractivity contribution in [2.45, 2.75) is 64.2 Å². The Balaban J connectivity index is 1.63. The Labute approximate surface area is 164 Å². The zero-order chi connectivity index (χ0) is 20.5. The number of unbranched alkanes of at least 4 members (excludes halogenated alkanes) is 1. The van der Waals surface area contributed by atoms with Crippen molar-refractivity contribution in [3.05, 3.63) is 0 Å². The highest BCUT2D eigenvalue weighted by atomic mass is 16.5. The highest BCUT2D eigenvalue weighted by Crippen LogP contribution is 2.32. The second-order valence-electron chi connectivity index (χ2n) is 7.71. The van der Waals surface area contributed by atoms with E-state index < -0.39 is 47.5 Å². The lowest BCUT2D eigenvalue weighted by Gasteiger charge is -2.27. The molecule has 0 bridgehead atoms. The highest BCUT2D eigenvalue weighted by molar-refractivity contribution is 5.82. The van der Waals surface area contributed by atoms with E-state index in [9.17, 15) is 29.4 Å². The van der Waals surface area contributed by atoms with E-state index in [1.807, 2.05) is 0 Å². The Morgan fingerprint density at radius 3 is 1.25 bits per heavy atom. The SMILES string of the molecule is O=C(OCCCCOC(=O)[C@@H]1CCCC[C@H]1C(=O)O)[C@H]1CCCC[C@H]1C(=O)O. The van der Waals surface area contributed by atoms with Crippen LogP contribution in [0.5, 0.6) is 0 Å². The van der Waals surface area contributed by atoms with Gasteiger partial charge in [-0.25, -0.2) is 0 Å². The van der Waals surface area contributed by atoms with Crippen LogP contribution in [0.3, 0.4) is 0 Å². The summed E-state index contributed by atoms with van der Waals surface area (Å²) in [5.41, 5.74) is 0. The van der Waals surface area contributed by atoms with Crippen LogP contribution in [0.25, 0.3) is 0 Å². The molecule has 158 valence electrons. The third-order valence-electron chi connectivity index (χ3n) is 5.80. The first-order valence-corrected chi connectivity index (χ1v) is 10.2. The van der Waals surface area contributed by atoms with E-state index in [0.29, 0.717) is 38.5 Å². The fourth-order valence-electron chi connectivity index (χ4n) is 4.18. The fourth-order valence-corrected chi connectivity index (χ4v) is 4.18. The molecule has 0 unspecified atom stereocenters. The maximum absolute atomic E-state index is 12.1. The van der Waals surface area contributed by atoms with Gasteiger partial charge in [0.15, 0.2) is 0 Å². The van der Waals surface area contributed by atoms with Gasteiger partial charge in [-0.05, 0) is 38.5 Å². The summed E-state index contributed by atoms with van der Waals surface area (Å²) >= 11 is 0. The lowest BCUT2D eigenvalue weighted by atomic mass is 9.79. The van der Waals surface area contributed by atoms with E-state index in [1.165, 1.54) is 0 Å². The van der Waals surface area contributed by atoms with Crippen LogP contribution >= 0.6 is 0 Å². The number of esters is 2. The monoisotopic (exact) mass is 398 g/mol. The summed E-state index contributed by atoms with van der Waals surface area (Å²) < 4.78 is 10.4. The van der Waals surface area contributed by atoms with Gasteiger partial charge in [0, 0.05) is 0 Å². The molecule has 2 aliphatic rings. The zero-order valence-electron chi connectivity index (χ0n) is 16.1. The quantitative estimate of drug-likeness (QED) is 0.448. The van der Waals surface area contributed by atoms with Crippen LogP contribution in [-0.2, 0) is 28.7 Å². The number of aliphatic carboxylic acids is 2. The lowest BCUT2D eigenvalue weighted by Crippen LogP contribution is -2.34. The van der Waals surface area contributed by atoms with Crippen molar-refractivity contribution >= 4 is 23.9 Å². The number of ether oxygens (including phenoxy) is 2. The van der Waals surface area contributed by atoms with Crippen LogP contribution in [0.4, 0.5) is 0 Å². The van der Waals surface area contributed by atoms with Crippen molar-refractivity contribution in [2.75, 3.05) is 13.2 Å². The molecule has 0 saturated heterocycles. The largest absolute Gasteiger partial charge is 0.481 e. The molecule has 2 fully saturated rings. The molecule has 2 N–H and O–H groups in total. The molecule has 2 rings (SSSR count). The Kier molecular flexibility index (Phi) is 8.73. The Morgan fingerprint density at radius 1 is 0.607 bits per heavy atom. The van der Waals surface area contributed by atoms with Crippen LogP contribution in [0.1, 0.15) is 64.2 Å². The molecule has 8 heteroatoms. The van der Waals surface area contributed by atoms with Gasteiger partial charge >= 0.3 is 23.9 Å². The summed E-state index contributed by atoms with van der Waals surface area (Å²) in [6.45, 7) is 0.306. The topological polar surface area (TPSA) is 127 Å². The molecule has 0 heterocycles. The van der Waals surface area contributed by atoms with Crippen LogP contribution in [0.15, 0.2) is 0 Å². The molecule has 0 aromatic rings. The van der Waals surface area contributed by atoms with Crippen LogP contribution < -0.4 is 0 Å². The molecule has 0 aromatic heterocycles. The summed E-state index contributed by atoms with van der Waals surface area (Å²) in [5.74, 6) is -5.32. The first-order chi connectivity index (χ1) is 13.4. The highest BCUT2D eigenvalue weighted by Gasteiger charge is 2.37. The number of carbonyl (C=O) groups excluding carboxylic acids is 2. The number of carbonyl (C=O) groups is 4. The van der Waals surface area contributed by atoms with E-state index in [-0.39, 0.29) is 13.2 Å². The van der Waals surface area contributed by atoms with Crippen LogP contribution in [0.2, 0.25) is 0 Å². The summed E-state index contributed by atoms with van der Waals surface area (Å²) in [5, 5.41) is 18.4. The first kappa shape index (κ1) is 22.2. The molecule has 0 aromatic carbocycles. The van der Waals surface area contributed by atoms with Gasteiger partial charge in [0.25, 0.3) is 0 Å². The first-order valence-electron chi connectivity index (χ1n) is 10.2. The fraction of sp³-hybridized carbons (Fsp3) is 0.800. The van der Waals surface area contributed by atoms with E-state index in [1.54, 1.807) is 0 Å². The number of carboxylic acid groups (broad SMARTS) is 2. The van der Waals surface area contributed by atoms with Gasteiger partial charge < -0.3 is 19.7 Å². The van der Waals surface area contributed by atoms with E-state index in [0.717, 1.165) is 25.7 Å². The van der Waals surface area contributed by atoms with Crippen molar-refractivity contribution in [3.8, 4) is 0 Å². The van der Waals surface area contributed by atoms with E-state index >= 15 is 0 Å². The summed E-state index contributed by atoms with van der Waals surface area (Å²) in [4.78, 5) is 46.8. The second-order valence-corrected chi connectivity index (χ2v) is 7.71. The third kappa shape index (κ3) is 6.21. The van der Waals surface area contributed by atoms with E-state index in [4.69, 9.17) is 9.47 Å². The minimum atomic E-state index is -0.948. The maximum atomic E-state index is 12.1. The number of carboxylic acids is 2. The molecule has 28 heavy (non-hydrogen) atoms. The van der Waals surface area contributed by atoms with Crippen LogP contribution in [0, 0.1) is 23.7 Å². The minimum absolute atomic E-state index is 0.153. The molecular weight excluding hydrogens is 368 g/mol. The smallest absolute Gasteiger partial charge is 0.309 e. The Morgan fingerprint density at radius 2 is 0.929 bits per heavy atom. The predicted molar refractivity (Wildman–Crippen MR) is 97.3 cm³/mol. The van der Waals surface area contributed by atoms with Gasteiger partial charge in [-0.1, -0.05) is 25.7 Å². The predicted octanol–water partition coefficient (Wildman–Crippen LogP) is 2.63. The van der Waals surface area contributed by atoms with Crippen molar-refractivity contribution in [3.63, 3.8) is 0 Å². The maximum Gasteiger partial charge on any atom is 0.309 e. The minimum Gasteiger partial charge on any atom is -0.481 e. The molecule has 0 spiro atoms. The average Bonchev–Trinajstić information content (AvgIpc) is 2.70. The normalized spacial score (nSPS) is 27.6. The van der Waals surface area contributed by atoms with Gasteiger partial charge in [-0.15, -0.1) is 0 Å². The lowest BCUT2D eigenvalue weighted by molar-refractivity contribution is -0.160. The molecule has 2 saturated carbocycles. The number of rotatable bonds is 9. The number of hydrogen-bond donors (Lipinski definition) is 2. The molecule has 0 radical (unpaired) electrons. The van der Waals surface area contributed by atoms with Crippen LogP contribution in [-0.4, -0.2) is 47.3 Å². The van der Waals surface area contributed by atoms with Gasteiger partial charge in [-0.2, -0.15) is 0 Å². The van der Waals surface area contributed by atoms with Gasteiger partial charge in [-0.3, -0.25) is 19.2 Å². The Bertz CT molecular complexity index is 523. The van der Waals surface area contributed by atoms with Gasteiger partial charge in [0.1, 0.15) is 0 Å². The van der Waals surface area contributed by atoms with Gasteiger partial charge in [0.05, 0.1) is 36.9 Å². The molecule has 2 aliphatic carbocycles. The van der Waals surface area contributed by atoms with E-state index in [2.05, 4.69) is 0 Å².